The molecule has 5 nitrogen and oxygen atoms in total. The molecule has 0 spiro atoms. The van der Waals surface area contributed by atoms with Crippen molar-refractivity contribution in [2.24, 2.45) is 0 Å². The minimum Gasteiger partial charge on any atom is -0.312 e. The van der Waals surface area contributed by atoms with Gasteiger partial charge in [0.25, 0.3) is 0 Å². The molecule has 0 atom stereocenters. The first-order valence-electron chi connectivity index (χ1n) is 7.26. The van der Waals surface area contributed by atoms with E-state index in [9.17, 15) is 9.59 Å². The minimum atomic E-state index is -0.309. The molecule has 5 heteroatoms. The molecule has 0 saturated carbocycles. The quantitative estimate of drug-likeness (QED) is 0.911. The summed E-state index contributed by atoms with van der Waals surface area (Å²) in [4.78, 5) is 25.5. The van der Waals surface area contributed by atoms with Gasteiger partial charge in [0.05, 0.1) is 0 Å². The van der Waals surface area contributed by atoms with E-state index in [4.69, 9.17) is 0 Å². The summed E-state index contributed by atoms with van der Waals surface area (Å²) in [7, 11) is 0. The lowest BCUT2D eigenvalue weighted by atomic mass is 10.2. The summed E-state index contributed by atoms with van der Waals surface area (Å²) in [5.41, 5.74) is 2.21. The third-order valence-corrected chi connectivity index (χ3v) is 3.52. The molecule has 1 aliphatic rings. The van der Waals surface area contributed by atoms with E-state index in [1.54, 1.807) is 11.0 Å². The SMILES string of the molecule is O=C(Nc1ccccc1)Nc1cccc(N2CCCC2=O)c1. The Morgan fingerprint density at radius 1 is 0.955 bits per heavy atom. The van der Waals surface area contributed by atoms with E-state index in [0.29, 0.717) is 12.1 Å². The van der Waals surface area contributed by atoms with Gasteiger partial charge in [-0.1, -0.05) is 24.3 Å². The number of amides is 3. The van der Waals surface area contributed by atoms with Crippen molar-refractivity contribution in [1.82, 2.24) is 0 Å². The molecule has 3 rings (SSSR count). The second-order valence-corrected chi connectivity index (χ2v) is 5.14. The summed E-state index contributed by atoms with van der Waals surface area (Å²) < 4.78 is 0. The van der Waals surface area contributed by atoms with Crippen molar-refractivity contribution < 1.29 is 9.59 Å². The van der Waals surface area contributed by atoms with Crippen molar-refractivity contribution in [3.8, 4) is 0 Å². The molecule has 0 unspecified atom stereocenters. The molecule has 2 aromatic rings. The maximum atomic E-state index is 12.0. The highest BCUT2D eigenvalue weighted by atomic mass is 16.2. The molecule has 2 N–H and O–H groups in total. The first-order valence-corrected chi connectivity index (χ1v) is 7.26. The number of anilines is 3. The van der Waals surface area contributed by atoms with Crippen LogP contribution >= 0.6 is 0 Å². The molecule has 22 heavy (non-hydrogen) atoms. The number of nitrogens with one attached hydrogen (secondary N) is 2. The molecule has 112 valence electrons. The Kier molecular flexibility index (Phi) is 4.05. The number of hydrogen-bond donors (Lipinski definition) is 2. The zero-order valence-corrected chi connectivity index (χ0v) is 12.1. The van der Waals surface area contributed by atoms with Gasteiger partial charge in [-0.3, -0.25) is 4.79 Å². The molecule has 0 bridgehead atoms. The molecule has 1 aliphatic heterocycles. The normalized spacial score (nSPS) is 14.0. The lowest BCUT2D eigenvalue weighted by molar-refractivity contribution is -0.117. The Balaban J connectivity index is 1.67. The molecule has 2 aromatic carbocycles. The van der Waals surface area contributed by atoms with Gasteiger partial charge in [-0.2, -0.15) is 0 Å². The Labute approximate surface area is 128 Å². The number of nitrogens with zero attached hydrogens (tertiary/aromatic N) is 1. The summed E-state index contributed by atoms with van der Waals surface area (Å²) in [6.45, 7) is 0.735. The van der Waals surface area contributed by atoms with Crippen molar-refractivity contribution in [2.45, 2.75) is 12.8 Å². The van der Waals surface area contributed by atoms with Crippen LogP contribution in [-0.2, 0) is 4.79 Å². The van der Waals surface area contributed by atoms with Gasteiger partial charge in [-0.05, 0) is 36.8 Å². The van der Waals surface area contributed by atoms with E-state index in [1.165, 1.54) is 0 Å². The van der Waals surface area contributed by atoms with Gasteiger partial charge in [0.15, 0.2) is 0 Å². The monoisotopic (exact) mass is 295 g/mol. The van der Waals surface area contributed by atoms with Gasteiger partial charge >= 0.3 is 6.03 Å². The van der Waals surface area contributed by atoms with Crippen LogP contribution in [0.1, 0.15) is 12.8 Å². The first kappa shape index (κ1) is 14.1. The fourth-order valence-electron chi connectivity index (χ4n) is 2.49. The molecular weight excluding hydrogens is 278 g/mol. The van der Waals surface area contributed by atoms with Crippen LogP contribution in [0.2, 0.25) is 0 Å². The third kappa shape index (κ3) is 3.25. The van der Waals surface area contributed by atoms with Crippen LogP contribution in [0.25, 0.3) is 0 Å². The largest absolute Gasteiger partial charge is 0.323 e. The zero-order chi connectivity index (χ0) is 15.4. The summed E-state index contributed by atoms with van der Waals surface area (Å²) in [6.07, 6.45) is 1.47. The van der Waals surface area contributed by atoms with Gasteiger partial charge < -0.3 is 15.5 Å². The fourth-order valence-corrected chi connectivity index (χ4v) is 2.49. The van der Waals surface area contributed by atoms with Gasteiger partial charge in [0.1, 0.15) is 0 Å². The molecular formula is C17H17N3O2. The van der Waals surface area contributed by atoms with E-state index in [-0.39, 0.29) is 11.9 Å². The average molecular weight is 295 g/mol. The standard InChI is InChI=1S/C17H17N3O2/c21-16-10-5-11-20(16)15-9-4-8-14(12-15)19-17(22)18-13-6-2-1-3-7-13/h1-4,6-9,12H,5,10-11H2,(H2,18,19,22). The van der Waals surface area contributed by atoms with Crippen LogP contribution < -0.4 is 15.5 Å². The van der Waals surface area contributed by atoms with E-state index >= 15 is 0 Å². The number of carbonyl (C=O) groups is 2. The molecule has 1 heterocycles. The van der Waals surface area contributed by atoms with Gasteiger partial charge in [0, 0.05) is 30.0 Å². The zero-order valence-electron chi connectivity index (χ0n) is 12.1. The average Bonchev–Trinajstić information content (AvgIpc) is 2.94. The van der Waals surface area contributed by atoms with E-state index in [2.05, 4.69) is 10.6 Å². The lowest BCUT2D eigenvalue weighted by Gasteiger charge is -2.17. The molecule has 1 fully saturated rings. The summed E-state index contributed by atoms with van der Waals surface area (Å²) in [5, 5.41) is 5.54. The molecule has 0 aromatic heterocycles. The first-order chi connectivity index (χ1) is 10.7. The van der Waals surface area contributed by atoms with Crippen LogP contribution in [0.4, 0.5) is 21.9 Å². The predicted molar refractivity (Wildman–Crippen MR) is 87.1 cm³/mol. The Hall–Kier alpha value is -2.82. The van der Waals surface area contributed by atoms with Crippen molar-refractivity contribution in [1.29, 1.82) is 0 Å². The van der Waals surface area contributed by atoms with E-state index < -0.39 is 0 Å². The number of para-hydroxylation sites is 1. The third-order valence-electron chi connectivity index (χ3n) is 3.52. The number of carbonyl (C=O) groups excluding carboxylic acids is 2. The number of rotatable bonds is 3. The van der Waals surface area contributed by atoms with Crippen LogP contribution in [-0.4, -0.2) is 18.5 Å². The smallest absolute Gasteiger partial charge is 0.312 e. The second-order valence-electron chi connectivity index (χ2n) is 5.14. The fraction of sp³-hybridized carbons (Fsp3) is 0.176. The van der Waals surface area contributed by atoms with Crippen molar-refractivity contribution in [2.75, 3.05) is 22.1 Å². The molecule has 0 radical (unpaired) electrons. The van der Waals surface area contributed by atoms with Crippen molar-refractivity contribution in [3.63, 3.8) is 0 Å². The maximum Gasteiger partial charge on any atom is 0.323 e. The van der Waals surface area contributed by atoms with Crippen LogP contribution in [0.3, 0.4) is 0 Å². The van der Waals surface area contributed by atoms with Gasteiger partial charge in [-0.25, -0.2) is 4.79 Å². The second kappa shape index (κ2) is 6.30. The number of hydrogen-bond acceptors (Lipinski definition) is 2. The topological polar surface area (TPSA) is 61.4 Å². The van der Waals surface area contributed by atoms with E-state index in [1.807, 2.05) is 48.5 Å². The van der Waals surface area contributed by atoms with Gasteiger partial charge in [-0.15, -0.1) is 0 Å². The molecule has 0 aliphatic carbocycles. The molecule has 3 amide bonds. The predicted octanol–water partition coefficient (Wildman–Crippen LogP) is 3.46. The van der Waals surface area contributed by atoms with E-state index in [0.717, 1.165) is 24.3 Å². The number of urea groups is 1. The Morgan fingerprint density at radius 3 is 2.41 bits per heavy atom. The van der Waals surface area contributed by atoms with Crippen LogP contribution in [0, 0.1) is 0 Å². The Bertz CT molecular complexity index is 685. The Morgan fingerprint density at radius 2 is 1.68 bits per heavy atom. The summed E-state index contributed by atoms with van der Waals surface area (Å²) >= 11 is 0. The van der Waals surface area contributed by atoms with Crippen molar-refractivity contribution >= 4 is 29.0 Å². The lowest BCUT2D eigenvalue weighted by Crippen LogP contribution is -2.24. The van der Waals surface area contributed by atoms with Crippen molar-refractivity contribution in [3.05, 3.63) is 54.6 Å². The minimum absolute atomic E-state index is 0.130. The molecule has 1 saturated heterocycles. The number of benzene rings is 2. The highest BCUT2D eigenvalue weighted by Gasteiger charge is 2.21. The van der Waals surface area contributed by atoms with Crippen LogP contribution in [0.15, 0.2) is 54.6 Å². The highest BCUT2D eigenvalue weighted by Crippen LogP contribution is 2.24. The maximum absolute atomic E-state index is 12.0. The summed E-state index contributed by atoms with van der Waals surface area (Å²) in [6, 6.07) is 16.3. The van der Waals surface area contributed by atoms with Gasteiger partial charge in [0.2, 0.25) is 5.91 Å². The summed E-state index contributed by atoms with van der Waals surface area (Å²) in [5.74, 6) is 0.130. The highest BCUT2D eigenvalue weighted by molar-refractivity contribution is 6.01. The van der Waals surface area contributed by atoms with Crippen LogP contribution in [0.5, 0.6) is 0 Å².